The lowest BCUT2D eigenvalue weighted by Gasteiger charge is -1.95. The number of aryl methyl sites for hydroxylation is 1. The van der Waals surface area contributed by atoms with Gasteiger partial charge in [0.25, 0.3) is 0 Å². The van der Waals surface area contributed by atoms with Crippen molar-refractivity contribution in [2.45, 2.75) is 0 Å². The Morgan fingerprint density at radius 2 is 2.29 bits per heavy atom. The van der Waals surface area contributed by atoms with E-state index in [0.29, 0.717) is 16.8 Å². The van der Waals surface area contributed by atoms with Gasteiger partial charge in [-0.15, -0.1) is 5.10 Å². The van der Waals surface area contributed by atoms with Gasteiger partial charge in [0, 0.05) is 25.0 Å². The second-order valence-electron chi connectivity index (χ2n) is 2.77. The Balaban J connectivity index is 2.55. The van der Waals surface area contributed by atoms with E-state index in [4.69, 9.17) is 17.3 Å². The van der Waals surface area contributed by atoms with E-state index in [1.165, 1.54) is 4.68 Å². The summed E-state index contributed by atoms with van der Waals surface area (Å²) in [5, 5.41) is 4.62. The largest absolute Gasteiger partial charge is 0.368 e. The zero-order valence-corrected chi connectivity index (χ0v) is 8.23. The number of anilines is 1. The van der Waals surface area contributed by atoms with Gasteiger partial charge in [-0.2, -0.15) is 4.98 Å². The van der Waals surface area contributed by atoms with Gasteiger partial charge in [0.15, 0.2) is 5.82 Å². The van der Waals surface area contributed by atoms with Crippen molar-refractivity contribution in [3.8, 4) is 11.4 Å². The van der Waals surface area contributed by atoms with Gasteiger partial charge in [-0.3, -0.25) is 4.98 Å². The number of hydrogen-bond acceptors (Lipinski definition) is 4. The molecule has 6 heteroatoms. The minimum atomic E-state index is 0.355. The first-order chi connectivity index (χ1) is 6.68. The van der Waals surface area contributed by atoms with E-state index >= 15 is 0 Å². The molecule has 0 unspecified atom stereocenters. The number of rotatable bonds is 1. The summed E-state index contributed by atoms with van der Waals surface area (Å²) < 4.78 is 1.49. The number of pyridine rings is 1. The van der Waals surface area contributed by atoms with Crippen molar-refractivity contribution in [1.29, 1.82) is 0 Å². The Bertz CT molecular complexity index is 445. The summed E-state index contributed by atoms with van der Waals surface area (Å²) in [6.45, 7) is 0. The van der Waals surface area contributed by atoms with Crippen molar-refractivity contribution in [3.63, 3.8) is 0 Å². The maximum atomic E-state index is 5.93. The highest BCUT2D eigenvalue weighted by Gasteiger charge is 2.09. The lowest BCUT2D eigenvalue weighted by molar-refractivity contribution is 0.781. The number of hydrogen-bond donors (Lipinski definition) is 1. The molecule has 0 aromatic carbocycles. The summed E-state index contributed by atoms with van der Waals surface area (Å²) in [6.07, 6.45) is 3.18. The number of nitrogen functional groups attached to an aromatic ring is 1. The molecular formula is C8H8ClN5. The topological polar surface area (TPSA) is 69.6 Å². The van der Waals surface area contributed by atoms with Crippen LogP contribution in [0.5, 0.6) is 0 Å². The number of halogens is 1. The van der Waals surface area contributed by atoms with E-state index < -0.39 is 0 Å². The molecule has 14 heavy (non-hydrogen) atoms. The molecule has 0 amide bonds. The van der Waals surface area contributed by atoms with Crippen molar-refractivity contribution in [2.24, 2.45) is 7.05 Å². The van der Waals surface area contributed by atoms with E-state index in [9.17, 15) is 0 Å². The average molecular weight is 210 g/mol. The van der Waals surface area contributed by atoms with Gasteiger partial charge in [-0.1, -0.05) is 11.6 Å². The van der Waals surface area contributed by atoms with Gasteiger partial charge in [0.2, 0.25) is 5.95 Å². The number of nitrogens with zero attached hydrogens (tertiary/aromatic N) is 4. The molecule has 0 atom stereocenters. The standard InChI is InChI=1S/C8H8ClN5/c1-14-8(10)12-7(13-14)5-2-3-11-4-6(5)9/h2-4H,1H3,(H2,10,12,13). The highest BCUT2D eigenvalue weighted by molar-refractivity contribution is 6.33. The van der Waals surface area contributed by atoms with Crippen molar-refractivity contribution >= 4 is 17.5 Å². The van der Waals surface area contributed by atoms with Gasteiger partial charge in [0.05, 0.1) is 5.02 Å². The first-order valence-electron chi connectivity index (χ1n) is 3.95. The summed E-state index contributed by atoms with van der Waals surface area (Å²) in [7, 11) is 1.72. The van der Waals surface area contributed by atoms with Crippen LogP contribution in [-0.4, -0.2) is 19.7 Å². The minimum Gasteiger partial charge on any atom is -0.368 e. The SMILES string of the molecule is Cn1nc(-c2ccncc2Cl)nc1N. The van der Waals surface area contributed by atoms with Crippen LogP contribution >= 0.6 is 11.6 Å². The Kier molecular flexibility index (Phi) is 2.09. The molecule has 0 saturated carbocycles. The maximum Gasteiger partial charge on any atom is 0.218 e. The summed E-state index contributed by atoms with van der Waals surface area (Å²) in [5.74, 6) is 0.866. The lowest BCUT2D eigenvalue weighted by Crippen LogP contribution is -1.97. The third kappa shape index (κ3) is 1.42. The van der Waals surface area contributed by atoms with Gasteiger partial charge >= 0.3 is 0 Å². The van der Waals surface area contributed by atoms with Crippen LogP contribution in [0.4, 0.5) is 5.95 Å². The van der Waals surface area contributed by atoms with Crippen LogP contribution in [0, 0.1) is 0 Å². The molecule has 2 aromatic rings. The molecule has 5 nitrogen and oxygen atoms in total. The first kappa shape index (κ1) is 8.96. The molecule has 0 bridgehead atoms. The van der Waals surface area contributed by atoms with Gasteiger partial charge in [-0.25, -0.2) is 4.68 Å². The van der Waals surface area contributed by atoms with E-state index in [2.05, 4.69) is 15.1 Å². The molecule has 0 aliphatic heterocycles. The molecule has 2 N–H and O–H groups in total. The highest BCUT2D eigenvalue weighted by atomic mass is 35.5. The molecule has 0 saturated heterocycles. The maximum absolute atomic E-state index is 5.93. The summed E-state index contributed by atoms with van der Waals surface area (Å²) in [6, 6.07) is 1.75. The lowest BCUT2D eigenvalue weighted by atomic mass is 10.2. The second-order valence-corrected chi connectivity index (χ2v) is 3.18. The monoisotopic (exact) mass is 209 g/mol. The molecule has 0 radical (unpaired) electrons. The van der Waals surface area contributed by atoms with Crippen LogP contribution < -0.4 is 5.73 Å². The van der Waals surface area contributed by atoms with E-state index in [1.54, 1.807) is 25.5 Å². The minimum absolute atomic E-state index is 0.355. The van der Waals surface area contributed by atoms with Gasteiger partial charge in [-0.05, 0) is 6.07 Å². The average Bonchev–Trinajstić information content (AvgIpc) is 2.48. The molecule has 2 heterocycles. The smallest absolute Gasteiger partial charge is 0.218 e. The van der Waals surface area contributed by atoms with Gasteiger partial charge in [0.1, 0.15) is 0 Å². The van der Waals surface area contributed by atoms with Crippen LogP contribution in [0.15, 0.2) is 18.5 Å². The Hall–Kier alpha value is -1.62. The molecule has 72 valence electrons. The van der Waals surface area contributed by atoms with Crippen LogP contribution in [0.2, 0.25) is 5.02 Å². The summed E-state index contributed by atoms with van der Waals surface area (Å²) in [4.78, 5) is 7.93. The summed E-state index contributed by atoms with van der Waals surface area (Å²) >= 11 is 5.93. The summed E-state index contributed by atoms with van der Waals surface area (Å²) in [5.41, 5.74) is 6.29. The fourth-order valence-corrected chi connectivity index (χ4v) is 1.27. The van der Waals surface area contributed by atoms with Crippen molar-refractivity contribution in [1.82, 2.24) is 19.7 Å². The van der Waals surface area contributed by atoms with Crippen LogP contribution in [-0.2, 0) is 7.05 Å². The molecule has 0 aliphatic rings. The zero-order valence-electron chi connectivity index (χ0n) is 7.48. The van der Waals surface area contributed by atoms with Crippen molar-refractivity contribution in [3.05, 3.63) is 23.5 Å². The fourth-order valence-electron chi connectivity index (χ4n) is 1.07. The van der Waals surface area contributed by atoms with E-state index in [-0.39, 0.29) is 0 Å². The Morgan fingerprint density at radius 1 is 1.50 bits per heavy atom. The number of aromatic nitrogens is 4. The van der Waals surface area contributed by atoms with E-state index in [0.717, 1.165) is 5.56 Å². The normalized spacial score (nSPS) is 10.4. The molecule has 0 spiro atoms. The predicted molar refractivity (Wildman–Crippen MR) is 53.7 cm³/mol. The van der Waals surface area contributed by atoms with Crippen molar-refractivity contribution in [2.75, 3.05) is 5.73 Å². The fraction of sp³-hybridized carbons (Fsp3) is 0.125. The second kappa shape index (κ2) is 3.26. The Morgan fingerprint density at radius 3 is 2.86 bits per heavy atom. The molecule has 0 aliphatic carbocycles. The quantitative estimate of drug-likeness (QED) is 0.764. The molecule has 2 aromatic heterocycles. The first-order valence-corrected chi connectivity index (χ1v) is 4.32. The van der Waals surface area contributed by atoms with Gasteiger partial charge < -0.3 is 5.73 Å². The molecule has 0 fully saturated rings. The number of nitrogens with two attached hydrogens (primary N) is 1. The third-order valence-electron chi connectivity index (χ3n) is 1.81. The van der Waals surface area contributed by atoms with E-state index in [1.807, 2.05) is 0 Å². The highest BCUT2D eigenvalue weighted by Crippen LogP contribution is 2.23. The molecule has 2 rings (SSSR count). The van der Waals surface area contributed by atoms with Crippen LogP contribution in [0.3, 0.4) is 0 Å². The van der Waals surface area contributed by atoms with Crippen LogP contribution in [0.1, 0.15) is 0 Å². The predicted octanol–water partition coefficient (Wildman–Crippen LogP) is 1.11. The zero-order chi connectivity index (χ0) is 10.1. The Labute approximate surface area is 85.5 Å². The van der Waals surface area contributed by atoms with Crippen LogP contribution in [0.25, 0.3) is 11.4 Å². The molecular weight excluding hydrogens is 202 g/mol. The van der Waals surface area contributed by atoms with Crippen molar-refractivity contribution < 1.29 is 0 Å². The third-order valence-corrected chi connectivity index (χ3v) is 2.11.